The first kappa shape index (κ1) is 77.1. The summed E-state index contributed by atoms with van der Waals surface area (Å²) in [5.74, 6) is -0.0258. The molecule has 1 amide bonds. The number of esters is 1. The summed E-state index contributed by atoms with van der Waals surface area (Å²) < 4.78 is 5.49. The summed E-state index contributed by atoms with van der Waals surface area (Å²) in [4.78, 5) is 24.6. The van der Waals surface area contributed by atoms with E-state index in [0.717, 1.165) is 51.4 Å². The molecule has 0 aliphatic carbocycles. The SMILES string of the molecule is CCCCCC/C=C\C/C=C\CCCCCCCC(=O)OCCCCCCCCCCCCCC/C=C\CCCCCCCCCCCCCCCCCC(=O)NC(CO)C(O)CCCCCCCCCCCCCCCCC. The number of hydrogen-bond acceptors (Lipinski definition) is 5. The summed E-state index contributed by atoms with van der Waals surface area (Å²) in [7, 11) is 0. The molecule has 3 N–H and O–H groups in total. The summed E-state index contributed by atoms with van der Waals surface area (Å²) in [5.41, 5.74) is 0. The first-order valence-electron chi connectivity index (χ1n) is 35.7. The maximum absolute atomic E-state index is 12.5. The molecule has 0 radical (unpaired) electrons. The van der Waals surface area contributed by atoms with Gasteiger partial charge in [-0.05, 0) is 83.5 Å². The average molecular weight is 1110 g/mol. The zero-order valence-electron chi connectivity index (χ0n) is 53.4. The Labute approximate surface area is 494 Å². The predicted octanol–water partition coefficient (Wildman–Crippen LogP) is 23.1. The number of aliphatic hydroxyl groups is 2. The molecule has 0 heterocycles. The molecule has 0 aliphatic rings. The third-order valence-corrected chi connectivity index (χ3v) is 16.7. The Morgan fingerprint density at radius 1 is 0.354 bits per heavy atom. The summed E-state index contributed by atoms with van der Waals surface area (Å²) in [6, 6.07) is -0.540. The van der Waals surface area contributed by atoms with Gasteiger partial charge in [-0.1, -0.05) is 333 Å². The number of carbonyl (C=O) groups excluding carboxylic acids is 2. The van der Waals surface area contributed by atoms with E-state index in [0.29, 0.717) is 25.9 Å². The van der Waals surface area contributed by atoms with Crippen molar-refractivity contribution in [2.75, 3.05) is 13.2 Å². The molecule has 79 heavy (non-hydrogen) atoms. The zero-order chi connectivity index (χ0) is 57.1. The topological polar surface area (TPSA) is 95.9 Å². The minimum Gasteiger partial charge on any atom is -0.466 e. The van der Waals surface area contributed by atoms with Crippen LogP contribution in [-0.4, -0.2) is 47.4 Å². The maximum Gasteiger partial charge on any atom is 0.305 e. The molecule has 0 aromatic heterocycles. The Balaban J connectivity index is 3.36. The van der Waals surface area contributed by atoms with Crippen LogP contribution in [0.4, 0.5) is 0 Å². The van der Waals surface area contributed by atoms with E-state index >= 15 is 0 Å². The van der Waals surface area contributed by atoms with E-state index in [-0.39, 0.29) is 18.5 Å². The number of unbranched alkanes of at least 4 members (excludes halogenated alkanes) is 50. The van der Waals surface area contributed by atoms with Crippen molar-refractivity contribution in [3.05, 3.63) is 36.5 Å². The average Bonchev–Trinajstić information content (AvgIpc) is 3.45. The summed E-state index contributed by atoms with van der Waals surface area (Å²) >= 11 is 0. The van der Waals surface area contributed by atoms with Gasteiger partial charge in [0, 0.05) is 12.8 Å². The molecule has 0 saturated heterocycles. The van der Waals surface area contributed by atoms with Gasteiger partial charge >= 0.3 is 5.97 Å². The molecule has 0 aromatic rings. The van der Waals surface area contributed by atoms with Crippen molar-refractivity contribution in [2.45, 2.75) is 405 Å². The van der Waals surface area contributed by atoms with Crippen LogP contribution < -0.4 is 5.32 Å². The van der Waals surface area contributed by atoms with Crippen molar-refractivity contribution in [3.63, 3.8) is 0 Å². The molecule has 2 unspecified atom stereocenters. The summed E-state index contributed by atoms with van der Waals surface area (Å²) in [6.07, 6.45) is 87.7. The van der Waals surface area contributed by atoms with Gasteiger partial charge in [-0.3, -0.25) is 9.59 Å². The second-order valence-corrected chi connectivity index (χ2v) is 24.6. The van der Waals surface area contributed by atoms with Crippen molar-refractivity contribution in [2.24, 2.45) is 0 Å². The fourth-order valence-electron chi connectivity index (χ4n) is 11.2. The van der Waals surface area contributed by atoms with Gasteiger partial charge < -0.3 is 20.3 Å². The van der Waals surface area contributed by atoms with Gasteiger partial charge in [0.05, 0.1) is 25.4 Å². The number of amides is 1. The molecule has 0 rings (SSSR count). The molecule has 2 atom stereocenters. The standard InChI is InChI=1S/C73H139NO5/c1-3-5-7-9-11-13-15-17-19-39-43-47-51-55-59-63-67-73(78)79-68-64-60-56-52-48-44-40-36-34-32-30-28-26-24-22-20-21-23-25-27-29-31-33-35-38-42-46-50-54-58-62-66-72(77)74-70(69-75)71(76)65-61-57-53-49-45-41-37-18-16-14-12-10-8-6-4-2/h13,15,19,22,24,39,70-71,75-76H,3-12,14,16-18,20-21,23,25-38,40-69H2,1-2H3,(H,74,77)/b15-13-,24-22-,39-19-. The molecule has 0 aliphatic heterocycles. The first-order valence-corrected chi connectivity index (χ1v) is 35.7. The smallest absolute Gasteiger partial charge is 0.305 e. The van der Waals surface area contributed by atoms with E-state index in [1.54, 1.807) is 0 Å². The number of rotatable bonds is 67. The van der Waals surface area contributed by atoms with Crippen molar-refractivity contribution in [1.29, 1.82) is 0 Å². The number of hydrogen-bond donors (Lipinski definition) is 3. The van der Waals surface area contributed by atoms with E-state index in [9.17, 15) is 19.8 Å². The van der Waals surface area contributed by atoms with Gasteiger partial charge in [-0.15, -0.1) is 0 Å². The molecule has 0 spiro atoms. The molecule has 6 heteroatoms. The lowest BCUT2D eigenvalue weighted by Gasteiger charge is -2.22. The van der Waals surface area contributed by atoms with Gasteiger partial charge in [-0.25, -0.2) is 0 Å². The minimum atomic E-state index is -0.663. The van der Waals surface area contributed by atoms with Crippen LogP contribution >= 0.6 is 0 Å². The molecular formula is C73H139NO5. The maximum atomic E-state index is 12.5. The van der Waals surface area contributed by atoms with E-state index in [1.165, 1.54) is 308 Å². The van der Waals surface area contributed by atoms with Gasteiger partial charge in [0.25, 0.3) is 0 Å². The van der Waals surface area contributed by atoms with Crippen LogP contribution in [0.3, 0.4) is 0 Å². The number of aliphatic hydroxyl groups excluding tert-OH is 2. The molecule has 466 valence electrons. The molecule has 0 aromatic carbocycles. The van der Waals surface area contributed by atoms with Crippen LogP contribution in [0.2, 0.25) is 0 Å². The highest BCUT2D eigenvalue weighted by molar-refractivity contribution is 5.76. The third kappa shape index (κ3) is 65.1. The summed E-state index contributed by atoms with van der Waals surface area (Å²) in [6.45, 7) is 4.96. The second-order valence-electron chi connectivity index (χ2n) is 24.6. The number of allylic oxidation sites excluding steroid dienone is 6. The Kier molecular flexibility index (Phi) is 66.9. The third-order valence-electron chi connectivity index (χ3n) is 16.7. The molecular weight excluding hydrogens is 971 g/mol. The number of ether oxygens (including phenoxy) is 1. The highest BCUT2D eigenvalue weighted by Crippen LogP contribution is 2.19. The van der Waals surface area contributed by atoms with Gasteiger partial charge in [0.1, 0.15) is 0 Å². The highest BCUT2D eigenvalue weighted by Gasteiger charge is 2.20. The van der Waals surface area contributed by atoms with E-state index < -0.39 is 12.1 Å². The lowest BCUT2D eigenvalue weighted by atomic mass is 10.0. The van der Waals surface area contributed by atoms with Crippen molar-refractivity contribution < 1.29 is 24.5 Å². The first-order chi connectivity index (χ1) is 39.0. The van der Waals surface area contributed by atoms with Crippen molar-refractivity contribution in [3.8, 4) is 0 Å². The van der Waals surface area contributed by atoms with E-state index in [4.69, 9.17) is 4.74 Å². The van der Waals surface area contributed by atoms with Gasteiger partial charge in [0.2, 0.25) is 5.91 Å². The largest absolute Gasteiger partial charge is 0.466 e. The molecule has 6 nitrogen and oxygen atoms in total. The van der Waals surface area contributed by atoms with Crippen LogP contribution in [0.5, 0.6) is 0 Å². The lowest BCUT2D eigenvalue weighted by Crippen LogP contribution is -2.45. The number of carbonyl (C=O) groups is 2. The summed E-state index contributed by atoms with van der Waals surface area (Å²) in [5, 5.41) is 23.3. The highest BCUT2D eigenvalue weighted by atomic mass is 16.5. The molecule has 0 saturated carbocycles. The van der Waals surface area contributed by atoms with E-state index in [2.05, 4.69) is 55.6 Å². The normalized spacial score (nSPS) is 12.7. The number of nitrogens with one attached hydrogen (secondary N) is 1. The van der Waals surface area contributed by atoms with Crippen molar-refractivity contribution >= 4 is 11.9 Å². The van der Waals surface area contributed by atoms with Crippen LogP contribution in [0.25, 0.3) is 0 Å². The quantitative estimate of drug-likeness (QED) is 0.0320. The monoisotopic (exact) mass is 1110 g/mol. The Hall–Kier alpha value is -1.92. The predicted molar refractivity (Wildman–Crippen MR) is 347 cm³/mol. The molecule has 0 bridgehead atoms. The Morgan fingerprint density at radius 3 is 0.987 bits per heavy atom. The van der Waals surface area contributed by atoms with Crippen LogP contribution in [0.1, 0.15) is 393 Å². The molecule has 0 fully saturated rings. The lowest BCUT2D eigenvalue weighted by molar-refractivity contribution is -0.143. The zero-order valence-corrected chi connectivity index (χ0v) is 53.4. The fraction of sp³-hybridized carbons (Fsp3) is 0.890. The van der Waals surface area contributed by atoms with Crippen molar-refractivity contribution in [1.82, 2.24) is 5.32 Å². The Morgan fingerprint density at radius 2 is 0.633 bits per heavy atom. The van der Waals surface area contributed by atoms with Gasteiger partial charge in [0.15, 0.2) is 0 Å². The second kappa shape index (κ2) is 68.6. The fourth-order valence-corrected chi connectivity index (χ4v) is 11.2. The van der Waals surface area contributed by atoms with Crippen LogP contribution in [-0.2, 0) is 14.3 Å². The van der Waals surface area contributed by atoms with Crippen LogP contribution in [0.15, 0.2) is 36.5 Å². The van der Waals surface area contributed by atoms with Gasteiger partial charge in [-0.2, -0.15) is 0 Å². The van der Waals surface area contributed by atoms with E-state index in [1.807, 2.05) is 0 Å². The minimum absolute atomic E-state index is 0.00456. The van der Waals surface area contributed by atoms with Crippen LogP contribution in [0, 0.1) is 0 Å². The Bertz CT molecular complexity index is 1280.